The Kier molecular flexibility index (Phi) is 5.38. The number of imide groups is 1. The van der Waals surface area contributed by atoms with E-state index in [2.05, 4.69) is 5.32 Å². The Morgan fingerprint density at radius 3 is 2.33 bits per heavy atom. The molecule has 0 radical (unpaired) electrons. The minimum Gasteiger partial charge on any atom is -0.454 e. The van der Waals surface area contributed by atoms with Crippen LogP contribution in [0.5, 0.6) is 0 Å². The van der Waals surface area contributed by atoms with E-state index in [0.717, 1.165) is 29.7 Å². The molecule has 7 heteroatoms. The van der Waals surface area contributed by atoms with E-state index in [4.69, 9.17) is 4.74 Å². The standard InChI is InChI=1S/C23H28N2O5/c1-12(2)20(23(29)30-11-17(26)24-16-6-4-5-13(3)9-16)25-21(27)18-14-7-8-15(10-14)19(18)22(25)28/h4-6,9,12,14-15,18-20H,7-8,10-11H2,1-3H3,(H,24,26)/t14-,15-,18-,19+,20+/m0/s1. The van der Waals surface area contributed by atoms with E-state index in [-0.39, 0.29) is 41.4 Å². The lowest BCUT2D eigenvalue weighted by Crippen LogP contribution is -2.50. The number of rotatable bonds is 6. The highest BCUT2D eigenvalue weighted by atomic mass is 16.5. The number of anilines is 1. The van der Waals surface area contributed by atoms with Gasteiger partial charge >= 0.3 is 5.97 Å². The monoisotopic (exact) mass is 412 g/mol. The third kappa shape index (κ3) is 3.50. The Labute approximate surface area is 176 Å². The van der Waals surface area contributed by atoms with E-state index in [9.17, 15) is 19.2 Å². The van der Waals surface area contributed by atoms with Gasteiger partial charge in [-0.3, -0.25) is 19.3 Å². The van der Waals surface area contributed by atoms with Crippen molar-refractivity contribution in [2.45, 2.75) is 46.1 Å². The van der Waals surface area contributed by atoms with Crippen molar-refractivity contribution in [1.29, 1.82) is 0 Å². The molecule has 0 spiro atoms. The summed E-state index contributed by atoms with van der Waals surface area (Å²) in [6.07, 6.45) is 2.90. The van der Waals surface area contributed by atoms with Gasteiger partial charge in [0.1, 0.15) is 6.04 Å². The number of nitrogens with one attached hydrogen (secondary N) is 1. The van der Waals surface area contributed by atoms with Gasteiger partial charge in [-0.2, -0.15) is 0 Å². The van der Waals surface area contributed by atoms with Crippen molar-refractivity contribution in [1.82, 2.24) is 4.90 Å². The number of ether oxygens (including phenoxy) is 1. The van der Waals surface area contributed by atoms with Gasteiger partial charge in [-0.1, -0.05) is 26.0 Å². The predicted molar refractivity (Wildman–Crippen MR) is 109 cm³/mol. The summed E-state index contributed by atoms with van der Waals surface area (Å²) in [5, 5.41) is 2.68. The zero-order valence-electron chi connectivity index (χ0n) is 17.6. The second kappa shape index (κ2) is 7.85. The molecule has 30 heavy (non-hydrogen) atoms. The number of esters is 1. The molecule has 3 fully saturated rings. The fourth-order valence-corrected chi connectivity index (χ4v) is 5.52. The van der Waals surface area contributed by atoms with Crippen LogP contribution in [0.1, 0.15) is 38.7 Å². The predicted octanol–water partition coefficient (Wildman–Crippen LogP) is 2.53. The maximum absolute atomic E-state index is 13.1. The van der Waals surface area contributed by atoms with Gasteiger partial charge in [-0.15, -0.1) is 0 Å². The molecule has 1 aromatic carbocycles. The van der Waals surface area contributed by atoms with Crippen LogP contribution in [-0.4, -0.2) is 41.2 Å². The number of hydrogen-bond donors (Lipinski definition) is 1. The van der Waals surface area contributed by atoms with Crippen LogP contribution < -0.4 is 5.32 Å². The lowest BCUT2D eigenvalue weighted by molar-refractivity contribution is -0.162. The summed E-state index contributed by atoms with van der Waals surface area (Å²) in [6, 6.07) is 6.29. The molecule has 1 aliphatic heterocycles. The summed E-state index contributed by atoms with van der Waals surface area (Å²) in [4.78, 5) is 52.3. The maximum Gasteiger partial charge on any atom is 0.330 e. The molecule has 7 nitrogen and oxygen atoms in total. The van der Waals surface area contributed by atoms with E-state index in [1.165, 1.54) is 0 Å². The van der Waals surface area contributed by atoms with E-state index < -0.39 is 24.5 Å². The van der Waals surface area contributed by atoms with Crippen molar-refractivity contribution in [3.63, 3.8) is 0 Å². The average Bonchev–Trinajstić information content (AvgIpc) is 3.36. The normalized spacial score (nSPS) is 28.1. The number of nitrogens with zero attached hydrogens (tertiary/aromatic N) is 1. The second-order valence-electron chi connectivity index (χ2n) is 9.15. The molecular formula is C23H28N2O5. The third-order valence-corrected chi connectivity index (χ3v) is 6.76. The van der Waals surface area contributed by atoms with Crippen LogP contribution in [-0.2, 0) is 23.9 Å². The number of likely N-dealkylation sites (tertiary alicyclic amines) is 1. The van der Waals surface area contributed by atoms with Gasteiger partial charge in [0.15, 0.2) is 6.61 Å². The summed E-state index contributed by atoms with van der Waals surface area (Å²) in [5.41, 5.74) is 1.61. The molecule has 3 aliphatic rings. The van der Waals surface area contributed by atoms with Gasteiger partial charge < -0.3 is 10.1 Å². The molecule has 4 rings (SSSR count). The van der Waals surface area contributed by atoms with Gasteiger partial charge in [0, 0.05) is 5.69 Å². The molecule has 3 amide bonds. The number of amides is 3. The summed E-state index contributed by atoms with van der Waals surface area (Å²) in [7, 11) is 0. The molecule has 5 atom stereocenters. The SMILES string of the molecule is Cc1cccc(NC(=O)COC(=O)[C@@H](C(C)C)N2C(=O)[C@@H]3[C@H]4CC[C@@H](C4)[C@@H]3C2=O)c1. The lowest BCUT2D eigenvalue weighted by atomic mass is 9.81. The Bertz CT molecular complexity index is 867. The number of carbonyl (C=O) groups is 4. The number of fused-ring (bicyclic) bond motifs is 5. The van der Waals surface area contributed by atoms with Crippen molar-refractivity contribution >= 4 is 29.4 Å². The number of benzene rings is 1. The first-order chi connectivity index (χ1) is 14.3. The van der Waals surface area contributed by atoms with Crippen molar-refractivity contribution in [3.05, 3.63) is 29.8 Å². The van der Waals surface area contributed by atoms with Gasteiger partial charge in [0.25, 0.3) is 5.91 Å². The highest BCUT2D eigenvalue weighted by Crippen LogP contribution is 2.56. The van der Waals surface area contributed by atoms with Crippen LogP contribution in [0.25, 0.3) is 0 Å². The topological polar surface area (TPSA) is 92.8 Å². The summed E-state index contributed by atoms with van der Waals surface area (Å²) in [5.74, 6) is -2.01. The first-order valence-corrected chi connectivity index (χ1v) is 10.7. The molecule has 0 unspecified atom stereocenters. The first-order valence-electron chi connectivity index (χ1n) is 10.7. The number of aryl methyl sites for hydroxylation is 1. The summed E-state index contributed by atoms with van der Waals surface area (Å²) in [6.45, 7) is 5.00. The minimum absolute atomic E-state index is 0.239. The average molecular weight is 412 g/mol. The Morgan fingerprint density at radius 1 is 1.13 bits per heavy atom. The van der Waals surface area contributed by atoms with Crippen LogP contribution in [0, 0.1) is 36.5 Å². The van der Waals surface area contributed by atoms with E-state index in [0.29, 0.717) is 5.69 Å². The van der Waals surface area contributed by atoms with Crippen molar-refractivity contribution in [2.24, 2.45) is 29.6 Å². The van der Waals surface area contributed by atoms with Gasteiger partial charge in [-0.05, 0) is 61.6 Å². The molecule has 160 valence electrons. The fraction of sp³-hybridized carbons (Fsp3) is 0.565. The van der Waals surface area contributed by atoms with Crippen LogP contribution in [0.4, 0.5) is 5.69 Å². The smallest absolute Gasteiger partial charge is 0.330 e. The van der Waals surface area contributed by atoms with Crippen LogP contribution >= 0.6 is 0 Å². The van der Waals surface area contributed by atoms with Gasteiger partial charge in [0.05, 0.1) is 11.8 Å². The fourth-order valence-electron chi connectivity index (χ4n) is 5.52. The van der Waals surface area contributed by atoms with Gasteiger partial charge in [0.2, 0.25) is 11.8 Å². The highest BCUT2D eigenvalue weighted by Gasteiger charge is 2.62. The highest BCUT2D eigenvalue weighted by molar-refractivity contribution is 6.08. The Balaban J connectivity index is 1.42. The van der Waals surface area contributed by atoms with Crippen molar-refractivity contribution in [3.8, 4) is 0 Å². The molecule has 1 aromatic rings. The summed E-state index contributed by atoms with van der Waals surface area (Å²) >= 11 is 0. The Morgan fingerprint density at radius 2 is 1.77 bits per heavy atom. The molecule has 2 bridgehead atoms. The first kappa shape index (κ1) is 20.6. The van der Waals surface area contributed by atoms with Gasteiger partial charge in [-0.25, -0.2) is 4.79 Å². The van der Waals surface area contributed by atoms with E-state index in [1.54, 1.807) is 19.9 Å². The Hall–Kier alpha value is -2.70. The molecular weight excluding hydrogens is 384 g/mol. The largest absolute Gasteiger partial charge is 0.454 e. The second-order valence-corrected chi connectivity index (χ2v) is 9.15. The molecule has 0 aromatic heterocycles. The van der Waals surface area contributed by atoms with Crippen LogP contribution in [0.3, 0.4) is 0 Å². The zero-order valence-corrected chi connectivity index (χ0v) is 17.6. The van der Waals surface area contributed by atoms with Crippen LogP contribution in [0.15, 0.2) is 24.3 Å². The van der Waals surface area contributed by atoms with E-state index in [1.807, 2.05) is 25.1 Å². The van der Waals surface area contributed by atoms with E-state index >= 15 is 0 Å². The summed E-state index contributed by atoms with van der Waals surface area (Å²) < 4.78 is 5.23. The quantitative estimate of drug-likeness (QED) is 0.573. The molecule has 1 saturated heterocycles. The lowest BCUT2D eigenvalue weighted by Gasteiger charge is -2.28. The molecule has 1 N–H and O–H groups in total. The zero-order chi connectivity index (χ0) is 21.6. The third-order valence-electron chi connectivity index (χ3n) is 6.76. The minimum atomic E-state index is -0.998. The molecule has 1 heterocycles. The molecule has 2 saturated carbocycles. The number of carbonyl (C=O) groups excluding carboxylic acids is 4. The number of hydrogen-bond acceptors (Lipinski definition) is 5. The maximum atomic E-state index is 13.1. The van der Waals surface area contributed by atoms with Crippen LogP contribution in [0.2, 0.25) is 0 Å². The van der Waals surface area contributed by atoms with Crippen molar-refractivity contribution < 1.29 is 23.9 Å². The van der Waals surface area contributed by atoms with Crippen molar-refractivity contribution in [2.75, 3.05) is 11.9 Å². The molecule has 2 aliphatic carbocycles.